The summed E-state index contributed by atoms with van der Waals surface area (Å²) in [4.78, 5) is 13.2. The fourth-order valence-electron chi connectivity index (χ4n) is 3.31. The molecule has 0 saturated heterocycles. The average Bonchev–Trinajstić information content (AvgIpc) is 2.82. The molecule has 0 aliphatic rings. The second-order valence-corrected chi connectivity index (χ2v) is 9.30. The van der Waals surface area contributed by atoms with E-state index in [9.17, 15) is 13.2 Å². The summed E-state index contributed by atoms with van der Waals surface area (Å²) in [6, 6.07) is 20.1. The summed E-state index contributed by atoms with van der Waals surface area (Å²) in [5.41, 5.74) is 2.58. The van der Waals surface area contributed by atoms with Crippen LogP contribution < -0.4 is 19.5 Å². The van der Waals surface area contributed by atoms with Gasteiger partial charge in [-0.05, 0) is 48.7 Å². The van der Waals surface area contributed by atoms with Crippen molar-refractivity contribution in [3.63, 3.8) is 0 Å². The molecule has 0 saturated carbocycles. The maximum absolute atomic E-state index is 13.1. The molecule has 174 valence electrons. The Kier molecular flexibility index (Phi) is 8.08. The number of methoxy groups -OCH3 is 2. The Labute approximate surface area is 194 Å². The molecule has 3 aromatic carbocycles. The van der Waals surface area contributed by atoms with E-state index in [-0.39, 0.29) is 17.9 Å². The molecule has 0 unspecified atom stereocenters. The number of ether oxygens (including phenoxy) is 2. The third kappa shape index (κ3) is 6.57. The zero-order valence-corrected chi connectivity index (χ0v) is 19.7. The zero-order chi connectivity index (χ0) is 23.8. The molecule has 1 amide bonds. The van der Waals surface area contributed by atoms with E-state index in [0.717, 1.165) is 16.7 Å². The number of rotatable bonds is 10. The van der Waals surface area contributed by atoms with Crippen molar-refractivity contribution in [2.75, 3.05) is 14.2 Å². The lowest BCUT2D eigenvalue weighted by Gasteiger charge is -2.19. The number of carbonyl (C=O) groups excluding carboxylic acids is 1. The van der Waals surface area contributed by atoms with E-state index in [2.05, 4.69) is 10.0 Å². The third-order valence-electron chi connectivity index (χ3n) is 5.14. The molecule has 3 rings (SSSR count). The van der Waals surface area contributed by atoms with E-state index in [0.29, 0.717) is 11.5 Å². The van der Waals surface area contributed by atoms with Gasteiger partial charge in [0.05, 0.1) is 19.1 Å². The number of amides is 1. The van der Waals surface area contributed by atoms with Gasteiger partial charge in [0, 0.05) is 6.54 Å². The van der Waals surface area contributed by atoms with Gasteiger partial charge >= 0.3 is 0 Å². The number of nitrogens with one attached hydrogen (secondary N) is 2. The summed E-state index contributed by atoms with van der Waals surface area (Å²) < 4.78 is 39.0. The van der Waals surface area contributed by atoms with E-state index in [4.69, 9.17) is 9.47 Å². The summed E-state index contributed by atoms with van der Waals surface area (Å²) in [6.45, 7) is 2.08. The maximum Gasteiger partial charge on any atom is 0.241 e. The molecule has 3 aromatic rings. The standard InChI is InChI=1S/C25H28N2O5S/c1-18-9-12-21(13-10-18)33(29,30)27-22(15-19-7-5-4-6-8-19)25(28)26-17-20-11-14-23(31-2)24(16-20)32-3/h4-14,16,22,27H,15,17H2,1-3H3,(H,26,28)/t22-/m1/s1. The normalized spacial score (nSPS) is 12.1. The summed E-state index contributed by atoms with van der Waals surface area (Å²) in [5.74, 6) is 0.704. The number of carbonyl (C=O) groups is 1. The maximum atomic E-state index is 13.1. The minimum atomic E-state index is -3.89. The van der Waals surface area contributed by atoms with Gasteiger partial charge in [0.1, 0.15) is 6.04 Å². The molecule has 8 heteroatoms. The molecule has 0 aliphatic heterocycles. The van der Waals surface area contributed by atoms with Crippen molar-refractivity contribution in [1.29, 1.82) is 0 Å². The summed E-state index contributed by atoms with van der Waals surface area (Å²) in [6.07, 6.45) is 0.212. The molecule has 2 N–H and O–H groups in total. The van der Waals surface area contributed by atoms with Crippen LogP contribution in [0, 0.1) is 6.92 Å². The van der Waals surface area contributed by atoms with Crippen LogP contribution >= 0.6 is 0 Å². The molecular weight excluding hydrogens is 440 g/mol. The highest BCUT2D eigenvalue weighted by molar-refractivity contribution is 7.89. The van der Waals surface area contributed by atoms with Crippen molar-refractivity contribution < 1.29 is 22.7 Å². The monoisotopic (exact) mass is 468 g/mol. The Balaban J connectivity index is 1.78. The molecule has 0 fully saturated rings. The first kappa shape index (κ1) is 24.3. The van der Waals surface area contributed by atoms with Gasteiger partial charge in [-0.15, -0.1) is 0 Å². The second kappa shape index (κ2) is 11.0. The first-order chi connectivity index (χ1) is 15.8. The second-order valence-electron chi connectivity index (χ2n) is 7.58. The number of sulfonamides is 1. The van der Waals surface area contributed by atoms with Gasteiger partial charge in [0.2, 0.25) is 15.9 Å². The summed E-state index contributed by atoms with van der Waals surface area (Å²) >= 11 is 0. The summed E-state index contributed by atoms with van der Waals surface area (Å²) in [7, 11) is -0.804. The average molecular weight is 469 g/mol. The molecule has 0 aliphatic carbocycles. The molecule has 0 bridgehead atoms. The van der Waals surface area contributed by atoms with Gasteiger partial charge in [-0.3, -0.25) is 4.79 Å². The highest BCUT2D eigenvalue weighted by Gasteiger charge is 2.26. The molecule has 0 radical (unpaired) electrons. The predicted octanol–water partition coefficient (Wildman–Crippen LogP) is 3.22. The van der Waals surface area contributed by atoms with Crippen LogP contribution in [-0.4, -0.2) is 34.6 Å². The Morgan fingerprint density at radius 3 is 2.18 bits per heavy atom. The van der Waals surface area contributed by atoms with E-state index in [1.165, 1.54) is 19.2 Å². The number of aryl methyl sites for hydroxylation is 1. The first-order valence-electron chi connectivity index (χ1n) is 10.4. The van der Waals surface area contributed by atoms with Crippen LogP contribution in [0.15, 0.2) is 77.7 Å². The highest BCUT2D eigenvalue weighted by Crippen LogP contribution is 2.27. The van der Waals surface area contributed by atoms with Crippen molar-refractivity contribution in [2.24, 2.45) is 0 Å². The van der Waals surface area contributed by atoms with E-state index >= 15 is 0 Å². The van der Waals surface area contributed by atoms with Gasteiger partial charge in [0.15, 0.2) is 11.5 Å². The molecule has 7 nitrogen and oxygen atoms in total. The van der Waals surface area contributed by atoms with Crippen molar-refractivity contribution in [3.8, 4) is 11.5 Å². The van der Waals surface area contributed by atoms with Gasteiger partial charge in [0.25, 0.3) is 0 Å². The van der Waals surface area contributed by atoms with Gasteiger partial charge < -0.3 is 14.8 Å². The Morgan fingerprint density at radius 1 is 0.879 bits per heavy atom. The quantitative estimate of drug-likeness (QED) is 0.477. The van der Waals surface area contributed by atoms with E-state index in [1.54, 1.807) is 31.4 Å². The van der Waals surface area contributed by atoms with E-state index < -0.39 is 22.0 Å². The Bertz CT molecular complexity index is 1180. The number of hydrogen-bond donors (Lipinski definition) is 2. The van der Waals surface area contributed by atoms with Crippen LogP contribution in [0.1, 0.15) is 16.7 Å². The number of benzene rings is 3. The van der Waals surface area contributed by atoms with Crippen molar-refractivity contribution in [3.05, 3.63) is 89.5 Å². The lowest BCUT2D eigenvalue weighted by Crippen LogP contribution is -2.47. The van der Waals surface area contributed by atoms with E-state index in [1.807, 2.05) is 43.3 Å². The minimum absolute atomic E-state index is 0.110. The van der Waals surface area contributed by atoms with Crippen LogP contribution in [0.3, 0.4) is 0 Å². The fourth-order valence-corrected chi connectivity index (χ4v) is 4.51. The van der Waals surface area contributed by atoms with Gasteiger partial charge in [-0.25, -0.2) is 8.42 Å². The molecule has 33 heavy (non-hydrogen) atoms. The largest absolute Gasteiger partial charge is 0.493 e. The van der Waals surface area contributed by atoms with Crippen LogP contribution in [-0.2, 0) is 27.8 Å². The van der Waals surface area contributed by atoms with Crippen LogP contribution in [0.5, 0.6) is 11.5 Å². The van der Waals surface area contributed by atoms with Crippen LogP contribution in [0.2, 0.25) is 0 Å². The SMILES string of the molecule is COc1ccc(CNC(=O)[C@@H](Cc2ccccc2)NS(=O)(=O)c2ccc(C)cc2)cc1OC. The fraction of sp³-hybridized carbons (Fsp3) is 0.240. The minimum Gasteiger partial charge on any atom is -0.493 e. The molecule has 0 spiro atoms. The van der Waals surface area contributed by atoms with Crippen molar-refractivity contribution >= 4 is 15.9 Å². The Morgan fingerprint density at radius 2 is 1.55 bits per heavy atom. The highest BCUT2D eigenvalue weighted by atomic mass is 32.2. The molecule has 0 aromatic heterocycles. The lowest BCUT2D eigenvalue weighted by atomic mass is 10.1. The topological polar surface area (TPSA) is 93.7 Å². The predicted molar refractivity (Wildman–Crippen MR) is 127 cm³/mol. The zero-order valence-electron chi connectivity index (χ0n) is 18.9. The summed E-state index contributed by atoms with van der Waals surface area (Å²) in [5, 5.41) is 2.83. The van der Waals surface area contributed by atoms with Crippen LogP contribution in [0.25, 0.3) is 0 Å². The van der Waals surface area contributed by atoms with Crippen LogP contribution in [0.4, 0.5) is 0 Å². The lowest BCUT2D eigenvalue weighted by molar-refractivity contribution is -0.122. The Hall–Kier alpha value is -3.36. The van der Waals surface area contributed by atoms with Gasteiger partial charge in [-0.2, -0.15) is 4.72 Å². The van der Waals surface area contributed by atoms with Gasteiger partial charge in [-0.1, -0.05) is 54.1 Å². The molecule has 1 atom stereocenters. The molecule has 0 heterocycles. The first-order valence-corrected chi connectivity index (χ1v) is 11.9. The third-order valence-corrected chi connectivity index (χ3v) is 6.63. The number of hydrogen-bond acceptors (Lipinski definition) is 5. The van der Waals surface area contributed by atoms with Crippen molar-refractivity contribution in [2.45, 2.75) is 30.8 Å². The molecular formula is C25H28N2O5S. The smallest absolute Gasteiger partial charge is 0.241 e. The van der Waals surface area contributed by atoms with Crippen molar-refractivity contribution in [1.82, 2.24) is 10.0 Å².